The Labute approximate surface area is 88.7 Å². The van der Waals surface area contributed by atoms with Gasteiger partial charge in [-0.15, -0.1) is 0 Å². The first-order valence-electron chi connectivity index (χ1n) is 4.97. The Morgan fingerprint density at radius 2 is 2.29 bits per heavy atom. The Morgan fingerprint density at radius 3 is 3.00 bits per heavy atom. The van der Waals surface area contributed by atoms with Gasteiger partial charge in [-0.05, 0) is 18.8 Å². The lowest BCUT2D eigenvalue weighted by Crippen LogP contribution is -2.35. The fourth-order valence-corrected chi connectivity index (χ4v) is 3.11. The summed E-state index contributed by atoms with van der Waals surface area (Å²) in [6.45, 7) is 7.13. The van der Waals surface area contributed by atoms with Crippen LogP contribution in [0.1, 0.15) is 27.2 Å². The highest BCUT2D eigenvalue weighted by Crippen LogP contribution is 2.36. The van der Waals surface area contributed by atoms with E-state index in [0.717, 1.165) is 18.0 Å². The zero-order valence-electron chi connectivity index (χ0n) is 8.83. The number of thioether (sulfide) groups is 1. The normalized spacial score (nSPS) is 35.6. The van der Waals surface area contributed by atoms with Gasteiger partial charge in [-0.3, -0.25) is 9.79 Å². The van der Waals surface area contributed by atoms with E-state index in [2.05, 4.69) is 24.2 Å². The summed E-state index contributed by atoms with van der Waals surface area (Å²) < 4.78 is 0. The number of rotatable bonds is 0. The van der Waals surface area contributed by atoms with Crippen molar-refractivity contribution in [2.45, 2.75) is 38.5 Å². The lowest BCUT2D eigenvalue weighted by Gasteiger charge is -2.23. The number of carbonyl (C=O) groups excluding carboxylic acids is 1. The molecule has 2 aliphatic rings. The van der Waals surface area contributed by atoms with E-state index in [-0.39, 0.29) is 22.6 Å². The molecule has 2 atom stereocenters. The molecule has 2 heterocycles. The summed E-state index contributed by atoms with van der Waals surface area (Å²) in [6, 6.07) is 0.192. The van der Waals surface area contributed by atoms with E-state index in [9.17, 15) is 4.79 Å². The highest BCUT2D eigenvalue weighted by Gasteiger charge is 2.40. The van der Waals surface area contributed by atoms with Gasteiger partial charge in [0.25, 0.3) is 0 Å². The number of nitrogens with one attached hydrogen (secondary N) is 1. The van der Waals surface area contributed by atoms with Crippen LogP contribution in [0.25, 0.3) is 0 Å². The fourth-order valence-electron chi connectivity index (χ4n) is 2.04. The predicted molar refractivity (Wildman–Crippen MR) is 59.7 cm³/mol. The molecule has 1 amide bonds. The predicted octanol–water partition coefficient (Wildman–Crippen LogP) is 1.43. The smallest absolute Gasteiger partial charge is 0.235 e. The molecule has 3 nitrogen and oxygen atoms in total. The maximum Gasteiger partial charge on any atom is 0.235 e. The molecule has 0 bridgehead atoms. The molecule has 0 radical (unpaired) electrons. The molecule has 0 aliphatic carbocycles. The molecule has 2 unspecified atom stereocenters. The lowest BCUT2D eigenvalue weighted by atomic mass is 9.86. The lowest BCUT2D eigenvalue weighted by molar-refractivity contribution is -0.120. The molecule has 1 fully saturated rings. The minimum atomic E-state index is 0.0248. The zero-order valence-corrected chi connectivity index (χ0v) is 9.65. The SMILES string of the molecule is CC1=NC2CC(C)(C)CNC(=O)C2S1. The molecule has 1 N–H and O–H groups in total. The molecular formula is C10H16N2OS. The largest absolute Gasteiger partial charge is 0.355 e. The minimum absolute atomic E-state index is 0.0248. The summed E-state index contributed by atoms with van der Waals surface area (Å²) in [5, 5.41) is 4.07. The van der Waals surface area contributed by atoms with E-state index in [1.54, 1.807) is 11.8 Å². The van der Waals surface area contributed by atoms with Gasteiger partial charge in [-0.25, -0.2) is 0 Å². The van der Waals surface area contributed by atoms with Crippen LogP contribution >= 0.6 is 11.8 Å². The van der Waals surface area contributed by atoms with Gasteiger partial charge in [-0.1, -0.05) is 25.6 Å². The Morgan fingerprint density at radius 1 is 1.57 bits per heavy atom. The average Bonchev–Trinajstić information content (AvgIpc) is 2.37. The second-order valence-electron chi connectivity index (χ2n) is 4.84. The van der Waals surface area contributed by atoms with E-state index in [4.69, 9.17) is 0 Å². The topological polar surface area (TPSA) is 41.5 Å². The van der Waals surface area contributed by atoms with Crippen molar-refractivity contribution >= 4 is 22.7 Å². The van der Waals surface area contributed by atoms with Crippen molar-refractivity contribution in [3.63, 3.8) is 0 Å². The van der Waals surface area contributed by atoms with Crippen LogP contribution in [0.3, 0.4) is 0 Å². The van der Waals surface area contributed by atoms with Gasteiger partial charge in [0.1, 0.15) is 5.25 Å². The van der Waals surface area contributed by atoms with Gasteiger partial charge in [0.05, 0.1) is 11.1 Å². The maximum absolute atomic E-state index is 11.7. The average molecular weight is 212 g/mol. The van der Waals surface area contributed by atoms with Gasteiger partial charge in [0.2, 0.25) is 5.91 Å². The molecule has 0 aromatic rings. The van der Waals surface area contributed by atoms with Gasteiger partial charge in [-0.2, -0.15) is 0 Å². The van der Waals surface area contributed by atoms with Gasteiger partial charge >= 0.3 is 0 Å². The van der Waals surface area contributed by atoms with Crippen molar-refractivity contribution in [1.82, 2.24) is 5.32 Å². The van der Waals surface area contributed by atoms with Crippen molar-refractivity contribution < 1.29 is 4.79 Å². The molecule has 0 aromatic carbocycles. The number of amides is 1. The first kappa shape index (κ1) is 10.0. The molecule has 0 aromatic heterocycles. The molecule has 14 heavy (non-hydrogen) atoms. The monoisotopic (exact) mass is 212 g/mol. The summed E-state index contributed by atoms with van der Waals surface area (Å²) in [5.41, 5.74) is 0.170. The first-order valence-corrected chi connectivity index (χ1v) is 5.85. The van der Waals surface area contributed by atoms with Crippen LogP contribution in [0.2, 0.25) is 0 Å². The number of nitrogens with zero attached hydrogens (tertiary/aromatic N) is 1. The highest BCUT2D eigenvalue weighted by molar-refractivity contribution is 8.15. The van der Waals surface area contributed by atoms with Crippen molar-refractivity contribution in [2.24, 2.45) is 10.4 Å². The number of hydrogen-bond donors (Lipinski definition) is 1. The van der Waals surface area contributed by atoms with Gasteiger partial charge in [0, 0.05) is 6.54 Å². The second kappa shape index (κ2) is 3.26. The van der Waals surface area contributed by atoms with Gasteiger partial charge in [0.15, 0.2) is 0 Å². The summed E-state index contributed by atoms with van der Waals surface area (Å²) in [5.74, 6) is 0.158. The van der Waals surface area contributed by atoms with E-state index < -0.39 is 0 Å². The van der Waals surface area contributed by atoms with Crippen molar-refractivity contribution in [3.05, 3.63) is 0 Å². The van der Waals surface area contributed by atoms with E-state index >= 15 is 0 Å². The third kappa shape index (κ3) is 1.80. The molecule has 4 heteroatoms. The molecule has 1 saturated heterocycles. The second-order valence-corrected chi connectivity index (χ2v) is 6.17. The molecule has 2 aliphatic heterocycles. The molecule has 0 spiro atoms. The van der Waals surface area contributed by atoms with Crippen LogP contribution in [0.15, 0.2) is 4.99 Å². The Balaban J connectivity index is 2.22. The van der Waals surface area contributed by atoms with Crippen molar-refractivity contribution in [3.8, 4) is 0 Å². The first-order chi connectivity index (χ1) is 6.48. The molecular weight excluding hydrogens is 196 g/mol. The van der Waals surface area contributed by atoms with E-state index in [0.29, 0.717) is 0 Å². The third-order valence-electron chi connectivity index (χ3n) is 2.76. The van der Waals surface area contributed by atoms with E-state index in [1.165, 1.54) is 0 Å². The number of hydrogen-bond acceptors (Lipinski definition) is 3. The number of carbonyl (C=O) groups is 1. The highest BCUT2D eigenvalue weighted by atomic mass is 32.2. The van der Waals surface area contributed by atoms with Crippen LogP contribution in [0.4, 0.5) is 0 Å². The van der Waals surface area contributed by atoms with Crippen LogP contribution in [0, 0.1) is 5.41 Å². The maximum atomic E-state index is 11.7. The third-order valence-corrected chi connectivity index (χ3v) is 3.98. The summed E-state index contributed by atoms with van der Waals surface area (Å²) in [7, 11) is 0. The minimum Gasteiger partial charge on any atom is -0.355 e. The fraction of sp³-hybridized carbons (Fsp3) is 0.800. The number of aliphatic imine (C=N–C) groups is 1. The molecule has 2 rings (SSSR count). The van der Waals surface area contributed by atoms with Crippen LogP contribution in [-0.4, -0.2) is 28.8 Å². The van der Waals surface area contributed by atoms with Crippen molar-refractivity contribution in [1.29, 1.82) is 0 Å². The quantitative estimate of drug-likeness (QED) is 0.660. The number of fused-ring (bicyclic) bond motifs is 1. The van der Waals surface area contributed by atoms with Crippen LogP contribution in [0.5, 0.6) is 0 Å². The molecule has 78 valence electrons. The van der Waals surface area contributed by atoms with Gasteiger partial charge < -0.3 is 5.32 Å². The summed E-state index contributed by atoms with van der Waals surface area (Å²) in [6.07, 6.45) is 1.00. The van der Waals surface area contributed by atoms with Crippen molar-refractivity contribution in [2.75, 3.05) is 6.54 Å². The van der Waals surface area contributed by atoms with Crippen LogP contribution in [-0.2, 0) is 4.79 Å². The Hall–Kier alpha value is -0.510. The van der Waals surface area contributed by atoms with E-state index in [1.807, 2.05) is 6.92 Å². The van der Waals surface area contributed by atoms with Crippen LogP contribution < -0.4 is 5.32 Å². The molecule has 0 saturated carbocycles. The Kier molecular flexibility index (Phi) is 2.33. The standard InChI is InChI=1S/C10H16N2OS/c1-6-12-7-4-10(2,3)5-11-9(13)8(7)14-6/h7-8H,4-5H2,1-3H3,(H,11,13). The Bertz CT molecular complexity index is 298. The zero-order chi connectivity index (χ0) is 10.3. The summed E-state index contributed by atoms with van der Waals surface area (Å²) >= 11 is 1.61. The summed E-state index contributed by atoms with van der Waals surface area (Å²) in [4.78, 5) is 16.3.